The molecule has 1 N–H and O–H groups in total. The molecule has 138 valence electrons. The first kappa shape index (κ1) is 17.6. The quantitative estimate of drug-likeness (QED) is 0.570. The number of benzene rings is 3. The third kappa shape index (κ3) is 3.81. The van der Waals surface area contributed by atoms with Gasteiger partial charge in [0.25, 0.3) is 5.91 Å². The van der Waals surface area contributed by atoms with E-state index < -0.39 is 11.7 Å². The Labute approximate surface area is 161 Å². The molecule has 1 aromatic heterocycles. The third-order valence-corrected chi connectivity index (χ3v) is 4.21. The van der Waals surface area contributed by atoms with E-state index in [1.807, 2.05) is 60.7 Å². The van der Waals surface area contributed by atoms with E-state index in [4.69, 9.17) is 0 Å². The van der Waals surface area contributed by atoms with Crippen LogP contribution >= 0.6 is 0 Å². The average molecular weight is 372 g/mol. The first-order chi connectivity index (χ1) is 13.7. The molecule has 0 aliphatic heterocycles. The van der Waals surface area contributed by atoms with Gasteiger partial charge in [0, 0.05) is 6.42 Å². The average Bonchev–Trinajstić information content (AvgIpc) is 3.15. The van der Waals surface area contributed by atoms with Crippen LogP contribution in [-0.2, 0) is 6.42 Å². The maximum atomic E-state index is 13.8. The van der Waals surface area contributed by atoms with Gasteiger partial charge in [-0.05, 0) is 29.8 Å². The number of halogens is 1. The summed E-state index contributed by atoms with van der Waals surface area (Å²) in [6, 6.07) is 25.3. The monoisotopic (exact) mass is 372 g/mol. The van der Waals surface area contributed by atoms with Crippen LogP contribution in [0.3, 0.4) is 0 Å². The van der Waals surface area contributed by atoms with E-state index in [0.29, 0.717) is 12.2 Å². The minimum absolute atomic E-state index is 0.0157. The number of nitrogens with zero attached hydrogens (tertiary/aromatic N) is 3. The molecule has 0 fully saturated rings. The maximum Gasteiger partial charge on any atom is 0.295 e. The van der Waals surface area contributed by atoms with Crippen LogP contribution in [0.2, 0.25) is 0 Å². The molecule has 0 saturated carbocycles. The van der Waals surface area contributed by atoms with Crippen LogP contribution < -0.4 is 5.32 Å². The van der Waals surface area contributed by atoms with Gasteiger partial charge in [0.1, 0.15) is 11.6 Å². The van der Waals surface area contributed by atoms with E-state index in [2.05, 4.69) is 15.4 Å². The van der Waals surface area contributed by atoms with Gasteiger partial charge in [-0.1, -0.05) is 60.7 Å². The lowest BCUT2D eigenvalue weighted by Gasteiger charge is -2.05. The molecule has 28 heavy (non-hydrogen) atoms. The molecule has 4 aromatic rings. The number of carbonyl (C=O) groups excluding carboxylic acids is 1. The lowest BCUT2D eigenvalue weighted by atomic mass is 10.1. The van der Waals surface area contributed by atoms with Gasteiger partial charge in [-0.2, -0.15) is 0 Å². The van der Waals surface area contributed by atoms with E-state index in [1.165, 1.54) is 12.1 Å². The molecule has 0 atom stereocenters. The van der Waals surface area contributed by atoms with Crippen molar-refractivity contribution in [1.82, 2.24) is 14.8 Å². The number of aromatic nitrogens is 3. The van der Waals surface area contributed by atoms with E-state index in [-0.39, 0.29) is 11.5 Å². The van der Waals surface area contributed by atoms with Crippen molar-refractivity contribution in [3.05, 3.63) is 108 Å². The number of nitrogens with one attached hydrogen (secondary N) is 1. The molecule has 0 aliphatic carbocycles. The highest BCUT2D eigenvalue weighted by molar-refractivity contribution is 6.01. The first-order valence-corrected chi connectivity index (χ1v) is 8.82. The highest BCUT2D eigenvalue weighted by atomic mass is 19.1. The Bertz CT molecular complexity index is 1090. The zero-order chi connectivity index (χ0) is 19.3. The van der Waals surface area contributed by atoms with Gasteiger partial charge in [0.05, 0.1) is 11.4 Å². The molecule has 0 unspecified atom stereocenters. The Morgan fingerprint density at radius 1 is 0.893 bits per heavy atom. The first-order valence-electron chi connectivity index (χ1n) is 8.82. The lowest BCUT2D eigenvalue weighted by molar-refractivity contribution is 0.101. The predicted molar refractivity (Wildman–Crippen MR) is 105 cm³/mol. The minimum Gasteiger partial charge on any atom is -0.317 e. The molecule has 1 heterocycles. The summed E-state index contributed by atoms with van der Waals surface area (Å²) in [4.78, 5) is 17.0. The van der Waals surface area contributed by atoms with Gasteiger partial charge in [0.2, 0.25) is 5.82 Å². The fraction of sp³-hybridized carbons (Fsp3) is 0.0455. The van der Waals surface area contributed by atoms with Gasteiger partial charge < -0.3 is 5.32 Å². The number of anilines is 1. The zero-order valence-electron chi connectivity index (χ0n) is 14.9. The topological polar surface area (TPSA) is 59.8 Å². The zero-order valence-corrected chi connectivity index (χ0v) is 14.9. The molecule has 0 bridgehead atoms. The standard InChI is InChI=1S/C22H17FN4O/c23-18-13-7-8-14-19(18)24-22(28)21-25-20(15-16-9-3-1-4-10-16)27(26-21)17-11-5-2-6-12-17/h1-14H,15H2,(H,24,28). The summed E-state index contributed by atoms with van der Waals surface area (Å²) in [5.41, 5.74) is 1.94. The number of para-hydroxylation sites is 2. The van der Waals surface area contributed by atoms with Gasteiger partial charge in [-0.3, -0.25) is 4.79 Å². The normalized spacial score (nSPS) is 10.6. The summed E-state index contributed by atoms with van der Waals surface area (Å²) in [5, 5.41) is 6.90. The van der Waals surface area contributed by atoms with Crippen molar-refractivity contribution in [2.45, 2.75) is 6.42 Å². The van der Waals surface area contributed by atoms with E-state index >= 15 is 0 Å². The van der Waals surface area contributed by atoms with Crippen molar-refractivity contribution < 1.29 is 9.18 Å². The van der Waals surface area contributed by atoms with Crippen LogP contribution in [0, 0.1) is 5.82 Å². The second-order valence-corrected chi connectivity index (χ2v) is 6.20. The second kappa shape index (κ2) is 7.84. The maximum absolute atomic E-state index is 13.8. The van der Waals surface area contributed by atoms with Crippen LogP contribution in [0.1, 0.15) is 22.0 Å². The Morgan fingerprint density at radius 2 is 1.54 bits per heavy atom. The Hall–Kier alpha value is -3.80. The van der Waals surface area contributed by atoms with E-state index in [1.54, 1.807) is 16.8 Å². The number of hydrogen-bond acceptors (Lipinski definition) is 3. The van der Waals surface area contributed by atoms with Crippen molar-refractivity contribution in [1.29, 1.82) is 0 Å². The van der Waals surface area contributed by atoms with Crippen LogP contribution in [0.4, 0.5) is 10.1 Å². The second-order valence-electron chi connectivity index (χ2n) is 6.20. The predicted octanol–water partition coefficient (Wildman–Crippen LogP) is 4.25. The van der Waals surface area contributed by atoms with Crippen LogP contribution in [0.5, 0.6) is 0 Å². The summed E-state index contributed by atoms with van der Waals surface area (Å²) in [6.07, 6.45) is 0.510. The Balaban J connectivity index is 1.68. The molecule has 6 heteroatoms. The van der Waals surface area contributed by atoms with Gasteiger partial charge in [-0.25, -0.2) is 14.1 Å². The summed E-state index contributed by atoms with van der Waals surface area (Å²) in [6.45, 7) is 0. The number of amides is 1. The number of carbonyl (C=O) groups is 1. The highest BCUT2D eigenvalue weighted by Crippen LogP contribution is 2.16. The van der Waals surface area contributed by atoms with E-state index in [0.717, 1.165) is 11.3 Å². The summed E-state index contributed by atoms with van der Waals surface area (Å²) in [7, 11) is 0. The fourth-order valence-electron chi connectivity index (χ4n) is 2.85. The van der Waals surface area contributed by atoms with Crippen molar-refractivity contribution in [2.24, 2.45) is 0 Å². The Kier molecular flexibility index (Phi) is 4.93. The third-order valence-electron chi connectivity index (χ3n) is 4.21. The van der Waals surface area contributed by atoms with Crippen LogP contribution in [0.25, 0.3) is 5.69 Å². The molecule has 0 saturated heterocycles. The number of rotatable bonds is 5. The Morgan fingerprint density at radius 3 is 2.25 bits per heavy atom. The van der Waals surface area contributed by atoms with Crippen LogP contribution in [-0.4, -0.2) is 20.7 Å². The molecule has 0 radical (unpaired) electrons. The lowest BCUT2D eigenvalue weighted by Crippen LogP contribution is -2.15. The number of hydrogen-bond donors (Lipinski definition) is 1. The molecule has 1 amide bonds. The molecule has 5 nitrogen and oxygen atoms in total. The van der Waals surface area contributed by atoms with Crippen molar-refractivity contribution >= 4 is 11.6 Å². The van der Waals surface area contributed by atoms with Gasteiger partial charge in [0.15, 0.2) is 0 Å². The van der Waals surface area contributed by atoms with Gasteiger partial charge >= 0.3 is 0 Å². The SMILES string of the molecule is O=C(Nc1ccccc1F)c1nc(Cc2ccccc2)n(-c2ccccc2)n1. The largest absolute Gasteiger partial charge is 0.317 e. The molecule has 4 rings (SSSR count). The molecular weight excluding hydrogens is 355 g/mol. The van der Waals surface area contributed by atoms with E-state index in [9.17, 15) is 9.18 Å². The minimum atomic E-state index is -0.561. The molecular formula is C22H17FN4O. The highest BCUT2D eigenvalue weighted by Gasteiger charge is 2.18. The molecule has 3 aromatic carbocycles. The smallest absolute Gasteiger partial charge is 0.295 e. The van der Waals surface area contributed by atoms with Gasteiger partial charge in [-0.15, -0.1) is 5.10 Å². The van der Waals surface area contributed by atoms with Crippen molar-refractivity contribution in [3.63, 3.8) is 0 Å². The molecule has 0 aliphatic rings. The summed E-state index contributed by atoms with van der Waals surface area (Å²) < 4.78 is 15.5. The fourth-order valence-corrected chi connectivity index (χ4v) is 2.85. The summed E-state index contributed by atoms with van der Waals surface area (Å²) >= 11 is 0. The summed E-state index contributed by atoms with van der Waals surface area (Å²) in [5.74, 6) is -0.467. The van der Waals surface area contributed by atoms with Crippen molar-refractivity contribution in [2.75, 3.05) is 5.32 Å². The molecule has 0 spiro atoms. The van der Waals surface area contributed by atoms with Crippen LogP contribution in [0.15, 0.2) is 84.9 Å². The van der Waals surface area contributed by atoms with Crippen molar-refractivity contribution in [3.8, 4) is 5.69 Å².